The summed E-state index contributed by atoms with van der Waals surface area (Å²) in [5.74, 6) is 1.14. The summed E-state index contributed by atoms with van der Waals surface area (Å²) in [6.07, 6.45) is 11.6. The van der Waals surface area contributed by atoms with Gasteiger partial charge in [-0.15, -0.1) is 0 Å². The van der Waals surface area contributed by atoms with E-state index in [4.69, 9.17) is 0 Å². The lowest BCUT2D eigenvalue weighted by atomic mass is 9.90. The average molecular weight is 194 g/mol. The fraction of sp³-hybridized carbons (Fsp3) is 0.769. The molecule has 0 aromatic heterocycles. The number of carbonyl (C=O) groups is 1. The van der Waals surface area contributed by atoms with E-state index in [9.17, 15) is 4.79 Å². The third-order valence-corrected chi connectivity index (χ3v) is 2.96. The van der Waals surface area contributed by atoms with Crippen LogP contribution in [0.15, 0.2) is 12.2 Å². The highest BCUT2D eigenvalue weighted by molar-refractivity contribution is 5.80. The zero-order chi connectivity index (χ0) is 10.4. The Morgan fingerprint density at radius 1 is 1.36 bits per heavy atom. The van der Waals surface area contributed by atoms with Crippen molar-refractivity contribution in [2.45, 2.75) is 52.4 Å². The van der Waals surface area contributed by atoms with Crippen molar-refractivity contribution in [3.8, 4) is 0 Å². The molecule has 0 saturated carbocycles. The maximum absolute atomic E-state index is 11.6. The predicted molar refractivity (Wildman–Crippen MR) is 60.2 cm³/mol. The summed E-state index contributed by atoms with van der Waals surface area (Å²) in [5, 5.41) is 0. The second kappa shape index (κ2) is 6.00. The lowest BCUT2D eigenvalue weighted by molar-refractivity contribution is -0.122. The maximum Gasteiger partial charge on any atom is 0.136 e. The van der Waals surface area contributed by atoms with E-state index in [0.29, 0.717) is 11.7 Å². The van der Waals surface area contributed by atoms with Gasteiger partial charge in [0.05, 0.1) is 0 Å². The van der Waals surface area contributed by atoms with Crippen LogP contribution in [-0.4, -0.2) is 5.78 Å². The van der Waals surface area contributed by atoms with Crippen LogP contribution in [0.5, 0.6) is 0 Å². The molecule has 1 unspecified atom stereocenters. The first kappa shape index (κ1) is 11.5. The molecular weight excluding hydrogens is 172 g/mol. The molecule has 0 spiro atoms. The van der Waals surface area contributed by atoms with Crippen LogP contribution in [0.3, 0.4) is 0 Å². The molecule has 0 bridgehead atoms. The molecule has 0 saturated heterocycles. The first-order chi connectivity index (χ1) is 6.70. The van der Waals surface area contributed by atoms with Crippen molar-refractivity contribution in [2.24, 2.45) is 11.8 Å². The van der Waals surface area contributed by atoms with Gasteiger partial charge in [-0.05, 0) is 25.2 Å². The van der Waals surface area contributed by atoms with Crippen molar-refractivity contribution in [3.05, 3.63) is 12.2 Å². The van der Waals surface area contributed by atoms with Crippen molar-refractivity contribution in [1.82, 2.24) is 0 Å². The number of ketones is 1. The molecular formula is C13H22O. The van der Waals surface area contributed by atoms with E-state index in [1.165, 1.54) is 32.1 Å². The zero-order valence-electron chi connectivity index (χ0n) is 9.46. The number of hydrogen-bond donors (Lipinski definition) is 0. The molecule has 0 N–H and O–H groups in total. The average Bonchev–Trinajstić information content (AvgIpc) is 2.08. The van der Waals surface area contributed by atoms with E-state index < -0.39 is 0 Å². The zero-order valence-corrected chi connectivity index (χ0v) is 9.46. The lowest BCUT2D eigenvalue weighted by Gasteiger charge is -2.15. The Labute approximate surface area is 87.6 Å². The van der Waals surface area contributed by atoms with Crippen LogP contribution in [0.2, 0.25) is 0 Å². The summed E-state index contributed by atoms with van der Waals surface area (Å²) in [5.41, 5.74) is 0. The maximum atomic E-state index is 11.6. The summed E-state index contributed by atoms with van der Waals surface area (Å²) in [4.78, 5) is 11.6. The lowest BCUT2D eigenvalue weighted by Crippen LogP contribution is -2.12. The Balaban J connectivity index is 2.41. The summed E-state index contributed by atoms with van der Waals surface area (Å²) in [6, 6.07) is 0. The van der Waals surface area contributed by atoms with Gasteiger partial charge in [0.1, 0.15) is 5.78 Å². The van der Waals surface area contributed by atoms with Gasteiger partial charge in [-0.3, -0.25) is 4.79 Å². The van der Waals surface area contributed by atoms with Gasteiger partial charge < -0.3 is 0 Å². The minimum atomic E-state index is 0.203. The normalized spacial score (nSPS) is 25.5. The Bertz CT molecular complexity index is 203. The van der Waals surface area contributed by atoms with E-state index in [1.807, 2.05) is 13.8 Å². The Morgan fingerprint density at radius 2 is 2.14 bits per heavy atom. The second-order valence-corrected chi connectivity index (χ2v) is 4.65. The first-order valence-electron chi connectivity index (χ1n) is 5.89. The molecule has 0 amide bonds. The largest absolute Gasteiger partial charge is 0.299 e. The van der Waals surface area contributed by atoms with Crippen molar-refractivity contribution >= 4 is 5.78 Å². The van der Waals surface area contributed by atoms with Crippen LogP contribution in [0.1, 0.15) is 52.4 Å². The minimum absolute atomic E-state index is 0.203. The summed E-state index contributed by atoms with van der Waals surface area (Å²) in [7, 11) is 0. The minimum Gasteiger partial charge on any atom is -0.299 e. The number of Topliss-reactive ketones (excluding diaryl/α,β-unsaturated/α-hetero) is 1. The third-order valence-electron chi connectivity index (χ3n) is 2.96. The van der Waals surface area contributed by atoms with E-state index in [-0.39, 0.29) is 5.92 Å². The highest BCUT2D eigenvalue weighted by Gasteiger charge is 2.14. The number of allylic oxidation sites excluding steroid dienone is 2. The first-order valence-corrected chi connectivity index (χ1v) is 5.89. The quantitative estimate of drug-likeness (QED) is 0.625. The van der Waals surface area contributed by atoms with Crippen molar-refractivity contribution in [1.29, 1.82) is 0 Å². The van der Waals surface area contributed by atoms with Crippen molar-refractivity contribution in [2.75, 3.05) is 0 Å². The molecule has 1 heteroatoms. The topological polar surface area (TPSA) is 17.1 Å². The van der Waals surface area contributed by atoms with Crippen LogP contribution in [0.25, 0.3) is 0 Å². The second-order valence-electron chi connectivity index (χ2n) is 4.65. The van der Waals surface area contributed by atoms with Crippen molar-refractivity contribution in [3.63, 3.8) is 0 Å². The van der Waals surface area contributed by atoms with E-state index in [0.717, 1.165) is 6.42 Å². The Hall–Kier alpha value is -0.590. The molecule has 1 rings (SSSR count). The SMILES string of the molecule is CC(C)C(=O)CC1/C=C\CCCCC1. The van der Waals surface area contributed by atoms with Gasteiger partial charge in [0.2, 0.25) is 0 Å². The van der Waals surface area contributed by atoms with Gasteiger partial charge in [0, 0.05) is 12.3 Å². The Morgan fingerprint density at radius 3 is 2.86 bits per heavy atom. The highest BCUT2D eigenvalue weighted by Crippen LogP contribution is 2.21. The molecule has 0 aromatic rings. The van der Waals surface area contributed by atoms with E-state index >= 15 is 0 Å². The molecule has 80 valence electrons. The number of carbonyl (C=O) groups excluding carboxylic acids is 1. The van der Waals surface area contributed by atoms with E-state index in [2.05, 4.69) is 12.2 Å². The molecule has 1 aliphatic rings. The molecule has 0 aliphatic heterocycles. The fourth-order valence-electron chi connectivity index (χ4n) is 1.89. The van der Waals surface area contributed by atoms with Crippen LogP contribution >= 0.6 is 0 Å². The molecule has 0 aromatic carbocycles. The highest BCUT2D eigenvalue weighted by atomic mass is 16.1. The summed E-state index contributed by atoms with van der Waals surface area (Å²) in [6.45, 7) is 3.99. The van der Waals surface area contributed by atoms with Gasteiger partial charge in [0.15, 0.2) is 0 Å². The molecule has 1 aliphatic carbocycles. The molecule has 0 radical (unpaired) electrons. The molecule has 14 heavy (non-hydrogen) atoms. The van der Waals surface area contributed by atoms with Crippen LogP contribution in [0.4, 0.5) is 0 Å². The van der Waals surface area contributed by atoms with Gasteiger partial charge in [-0.2, -0.15) is 0 Å². The van der Waals surface area contributed by atoms with Gasteiger partial charge >= 0.3 is 0 Å². The standard InChI is InChI=1S/C13H22O/c1-11(2)13(14)10-12-8-6-4-3-5-7-9-12/h6,8,11-12H,3-5,7,9-10H2,1-2H3/b8-6-. The summed E-state index contributed by atoms with van der Waals surface area (Å²) >= 11 is 0. The third kappa shape index (κ3) is 4.08. The fourth-order valence-corrected chi connectivity index (χ4v) is 1.89. The molecule has 0 fully saturated rings. The molecule has 1 atom stereocenters. The summed E-state index contributed by atoms with van der Waals surface area (Å²) < 4.78 is 0. The Kier molecular flexibility index (Phi) is 4.92. The van der Waals surface area contributed by atoms with Crippen LogP contribution in [0, 0.1) is 11.8 Å². The monoisotopic (exact) mass is 194 g/mol. The van der Waals surface area contributed by atoms with E-state index in [1.54, 1.807) is 0 Å². The molecule has 1 nitrogen and oxygen atoms in total. The number of rotatable bonds is 3. The van der Waals surface area contributed by atoms with Crippen LogP contribution < -0.4 is 0 Å². The number of hydrogen-bond acceptors (Lipinski definition) is 1. The van der Waals surface area contributed by atoms with Crippen molar-refractivity contribution < 1.29 is 4.79 Å². The predicted octanol–water partition coefficient (Wildman–Crippen LogP) is 3.74. The van der Waals surface area contributed by atoms with Gasteiger partial charge in [-0.25, -0.2) is 0 Å². The molecule has 0 heterocycles. The smallest absolute Gasteiger partial charge is 0.136 e. The van der Waals surface area contributed by atoms with Gasteiger partial charge in [0.25, 0.3) is 0 Å². The van der Waals surface area contributed by atoms with Crippen LogP contribution in [-0.2, 0) is 4.79 Å². The van der Waals surface area contributed by atoms with Gasteiger partial charge in [-0.1, -0.05) is 38.8 Å².